The van der Waals surface area contributed by atoms with Gasteiger partial charge in [0.05, 0.1) is 0 Å². The summed E-state index contributed by atoms with van der Waals surface area (Å²) in [6.07, 6.45) is 7.78. The van der Waals surface area contributed by atoms with Gasteiger partial charge in [-0.3, -0.25) is 0 Å². The Morgan fingerprint density at radius 3 is 2.36 bits per heavy atom. The number of allylic oxidation sites excluding steroid dienone is 1. The van der Waals surface area contributed by atoms with E-state index in [2.05, 4.69) is 19.1 Å². The molecule has 0 aromatic heterocycles. The van der Waals surface area contributed by atoms with Crippen LogP contribution in [0.5, 0.6) is 0 Å². The molecule has 14 heavy (non-hydrogen) atoms. The summed E-state index contributed by atoms with van der Waals surface area (Å²) in [5, 5.41) is 1.38. The Kier molecular flexibility index (Phi) is 5.06. The third-order valence-electron chi connectivity index (χ3n) is 1.92. The van der Waals surface area contributed by atoms with Crippen LogP contribution < -0.4 is 0 Å². The second-order valence-corrected chi connectivity index (χ2v) is 4.12. The predicted octanol–water partition coefficient (Wildman–Crippen LogP) is 5.20. The molecule has 0 amide bonds. The maximum Gasteiger partial charge on any atom is 0.0426 e. The van der Waals surface area contributed by atoms with E-state index < -0.39 is 0 Å². The minimum atomic E-state index is 0.688. The van der Waals surface area contributed by atoms with E-state index in [9.17, 15) is 0 Å². The van der Waals surface area contributed by atoms with E-state index >= 15 is 0 Å². The molecule has 1 aromatic carbocycles. The lowest BCUT2D eigenvalue weighted by atomic mass is 10.2. The van der Waals surface area contributed by atoms with Gasteiger partial charge in [-0.1, -0.05) is 55.1 Å². The van der Waals surface area contributed by atoms with Gasteiger partial charge in [0.1, 0.15) is 0 Å². The molecule has 0 unspecified atom stereocenters. The van der Waals surface area contributed by atoms with E-state index in [1.54, 1.807) is 6.07 Å². The fraction of sp³-hybridized carbons (Fsp3) is 0.333. The van der Waals surface area contributed by atoms with Crippen molar-refractivity contribution in [3.05, 3.63) is 39.9 Å². The summed E-state index contributed by atoms with van der Waals surface area (Å²) in [7, 11) is 0. The lowest BCUT2D eigenvalue weighted by Crippen LogP contribution is -1.74. The molecule has 0 saturated heterocycles. The van der Waals surface area contributed by atoms with Crippen molar-refractivity contribution >= 4 is 29.3 Å². The molecule has 1 aromatic rings. The standard InChI is InChI=1S/C12H14Cl2/c1-2-3-4-5-6-10-7-11(13)9-12(14)8-10/h5-9H,2-4H2,1H3. The predicted molar refractivity (Wildman–Crippen MR) is 65.0 cm³/mol. The summed E-state index contributed by atoms with van der Waals surface area (Å²) in [5.41, 5.74) is 1.07. The van der Waals surface area contributed by atoms with Crippen LogP contribution in [0.4, 0.5) is 0 Å². The molecule has 0 spiro atoms. The second kappa shape index (κ2) is 6.10. The highest BCUT2D eigenvalue weighted by molar-refractivity contribution is 6.34. The first kappa shape index (κ1) is 11.6. The van der Waals surface area contributed by atoms with Crippen LogP contribution >= 0.6 is 23.2 Å². The minimum Gasteiger partial charge on any atom is -0.0843 e. The summed E-state index contributed by atoms with van der Waals surface area (Å²) in [6, 6.07) is 5.57. The summed E-state index contributed by atoms with van der Waals surface area (Å²) < 4.78 is 0. The van der Waals surface area contributed by atoms with E-state index in [1.807, 2.05) is 12.1 Å². The zero-order chi connectivity index (χ0) is 10.4. The maximum atomic E-state index is 5.87. The lowest BCUT2D eigenvalue weighted by Gasteiger charge is -1.97. The van der Waals surface area contributed by atoms with Crippen LogP contribution in [0.25, 0.3) is 6.08 Å². The molecule has 0 fully saturated rings. The third-order valence-corrected chi connectivity index (χ3v) is 2.36. The van der Waals surface area contributed by atoms with E-state index in [0.29, 0.717) is 10.0 Å². The molecular weight excluding hydrogens is 215 g/mol. The summed E-state index contributed by atoms with van der Waals surface area (Å²) >= 11 is 11.7. The van der Waals surface area contributed by atoms with Crippen molar-refractivity contribution in [2.75, 3.05) is 0 Å². The van der Waals surface area contributed by atoms with Crippen LogP contribution in [-0.4, -0.2) is 0 Å². The third kappa shape index (κ3) is 4.17. The number of hydrogen-bond donors (Lipinski definition) is 0. The fourth-order valence-electron chi connectivity index (χ4n) is 1.21. The summed E-state index contributed by atoms with van der Waals surface area (Å²) in [6.45, 7) is 2.18. The fourth-order valence-corrected chi connectivity index (χ4v) is 1.76. The normalized spacial score (nSPS) is 11.1. The van der Waals surface area contributed by atoms with Crippen molar-refractivity contribution in [1.29, 1.82) is 0 Å². The van der Waals surface area contributed by atoms with Crippen molar-refractivity contribution in [3.8, 4) is 0 Å². The Morgan fingerprint density at radius 2 is 1.79 bits per heavy atom. The monoisotopic (exact) mass is 228 g/mol. The Labute approximate surface area is 95.5 Å². The summed E-state index contributed by atoms with van der Waals surface area (Å²) in [4.78, 5) is 0. The van der Waals surface area contributed by atoms with Crippen LogP contribution in [0.15, 0.2) is 24.3 Å². The first-order valence-corrected chi connectivity index (χ1v) is 5.60. The molecule has 0 nitrogen and oxygen atoms in total. The van der Waals surface area contributed by atoms with Crippen molar-refractivity contribution in [3.63, 3.8) is 0 Å². The van der Waals surface area contributed by atoms with Gasteiger partial charge in [0.15, 0.2) is 0 Å². The van der Waals surface area contributed by atoms with Crippen molar-refractivity contribution < 1.29 is 0 Å². The van der Waals surface area contributed by atoms with Crippen molar-refractivity contribution in [2.24, 2.45) is 0 Å². The molecule has 0 N–H and O–H groups in total. The molecule has 1 rings (SSSR count). The van der Waals surface area contributed by atoms with Crippen LogP contribution in [0.2, 0.25) is 10.0 Å². The molecule has 0 aliphatic carbocycles. The first-order valence-electron chi connectivity index (χ1n) is 4.85. The molecule has 0 heterocycles. The molecule has 76 valence electrons. The van der Waals surface area contributed by atoms with Crippen molar-refractivity contribution in [2.45, 2.75) is 26.2 Å². The Balaban J connectivity index is 2.62. The number of hydrogen-bond acceptors (Lipinski definition) is 0. The Hall–Kier alpha value is -0.460. The van der Waals surface area contributed by atoms with Gasteiger partial charge >= 0.3 is 0 Å². The molecule has 0 radical (unpaired) electrons. The van der Waals surface area contributed by atoms with Gasteiger partial charge in [-0.25, -0.2) is 0 Å². The zero-order valence-corrected chi connectivity index (χ0v) is 9.78. The van der Waals surface area contributed by atoms with Crippen LogP contribution in [0.3, 0.4) is 0 Å². The Morgan fingerprint density at radius 1 is 1.14 bits per heavy atom. The molecule has 0 aliphatic rings. The summed E-state index contributed by atoms with van der Waals surface area (Å²) in [5.74, 6) is 0. The molecule has 0 saturated carbocycles. The van der Waals surface area contributed by atoms with E-state index in [1.165, 1.54) is 12.8 Å². The number of rotatable bonds is 4. The van der Waals surface area contributed by atoms with Gasteiger partial charge in [-0.2, -0.15) is 0 Å². The number of unbranched alkanes of at least 4 members (excludes halogenated alkanes) is 2. The SMILES string of the molecule is CCCCC=Cc1cc(Cl)cc(Cl)c1. The van der Waals surface area contributed by atoms with Crippen LogP contribution in [0, 0.1) is 0 Å². The molecule has 2 heteroatoms. The van der Waals surface area contributed by atoms with Crippen molar-refractivity contribution in [1.82, 2.24) is 0 Å². The minimum absolute atomic E-state index is 0.688. The lowest BCUT2D eigenvalue weighted by molar-refractivity contribution is 0.816. The second-order valence-electron chi connectivity index (χ2n) is 3.25. The molecule has 0 bridgehead atoms. The van der Waals surface area contributed by atoms with Gasteiger partial charge in [-0.15, -0.1) is 0 Å². The highest BCUT2D eigenvalue weighted by atomic mass is 35.5. The molecular formula is C12H14Cl2. The first-order chi connectivity index (χ1) is 6.72. The molecule has 0 aliphatic heterocycles. The smallest absolute Gasteiger partial charge is 0.0426 e. The van der Waals surface area contributed by atoms with E-state index in [0.717, 1.165) is 12.0 Å². The number of benzene rings is 1. The van der Waals surface area contributed by atoms with Gasteiger partial charge in [0.2, 0.25) is 0 Å². The largest absolute Gasteiger partial charge is 0.0843 e. The highest BCUT2D eigenvalue weighted by Crippen LogP contribution is 2.20. The quantitative estimate of drug-likeness (QED) is 0.622. The maximum absolute atomic E-state index is 5.87. The highest BCUT2D eigenvalue weighted by Gasteiger charge is 1.94. The van der Waals surface area contributed by atoms with E-state index in [-0.39, 0.29) is 0 Å². The zero-order valence-electron chi connectivity index (χ0n) is 8.26. The van der Waals surface area contributed by atoms with Gasteiger partial charge in [0, 0.05) is 10.0 Å². The number of halogens is 2. The average molecular weight is 229 g/mol. The van der Waals surface area contributed by atoms with Gasteiger partial charge in [-0.05, 0) is 30.2 Å². The topological polar surface area (TPSA) is 0 Å². The van der Waals surface area contributed by atoms with E-state index in [4.69, 9.17) is 23.2 Å². The van der Waals surface area contributed by atoms with Crippen LogP contribution in [-0.2, 0) is 0 Å². The average Bonchev–Trinajstić information content (AvgIpc) is 2.11. The van der Waals surface area contributed by atoms with Crippen LogP contribution in [0.1, 0.15) is 31.7 Å². The molecule has 0 atom stereocenters. The van der Waals surface area contributed by atoms with Gasteiger partial charge in [0.25, 0.3) is 0 Å². The Bertz CT molecular complexity index is 296. The van der Waals surface area contributed by atoms with Gasteiger partial charge < -0.3 is 0 Å².